The van der Waals surface area contributed by atoms with Crippen molar-refractivity contribution in [2.45, 2.75) is 13.8 Å². The molecular weight excluding hydrogens is 266 g/mol. The van der Waals surface area contributed by atoms with Gasteiger partial charge in [0, 0.05) is 25.8 Å². The molecule has 0 spiro atoms. The maximum Gasteiger partial charge on any atom is 0.251 e. The van der Waals surface area contributed by atoms with Crippen LogP contribution in [0.1, 0.15) is 24.2 Å². The highest BCUT2D eigenvalue weighted by Gasteiger charge is 2.08. The van der Waals surface area contributed by atoms with Gasteiger partial charge in [0.1, 0.15) is 11.0 Å². The highest BCUT2D eigenvalue weighted by atomic mass is 35.5. The van der Waals surface area contributed by atoms with Crippen molar-refractivity contribution < 1.29 is 9.53 Å². The number of nitrogens with one attached hydrogen (secondary N) is 2. The minimum absolute atomic E-state index is 0.186. The maximum atomic E-state index is 11.9. The molecule has 1 rings (SSSR count). The first kappa shape index (κ1) is 15.7. The smallest absolute Gasteiger partial charge is 0.251 e. The van der Waals surface area contributed by atoms with E-state index in [4.69, 9.17) is 16.3 Å². The third-order valence-corrected chi connectivity index (χ3v) is 2.49. The maximum absolute atomic E-state index is 11.9. The zero-order valence-corrected chi connectivity index (χ0v) is 12.3. The highest BCUT2D eigenvalue weighted by Crippen LogP contribution is 2.13. The van der Waals surface area contributed by atoms with Crippen molar-refractivity contribution >= 4 is 23.3 Å². The number of pyridine rings is 1. The minimum Gasteiger partial charge on any atom is -0.379 e. The molecule has 0 atom stereocenters. The number of halogens is 1. The van der Waals surface area contributed by atoms with Gasteiger partial charge in [-0.2, -0.15) is 0 Å². The number of hydrogen-bond acceptors (Lipinski definition) is 4. The van der Waals surface area contributed by atoms with Gasteiger partial charge < -0.3 is 15.4 Å². The van der Waals surface area contributed by atoms with E-state index in [1.54, 1.807) is 13.1 Å². The summed E-state index contributed by atoms with van der Waals surface area (Å²) in [7, 11) is 1.72. The van der Waals surface area contributed by atoms with Gasteiger partial charge in [0.15, 0.2) is 0 Å². The fourth-order valence-corrected chi connectivity index (χ4v) is 1.62. The second-order valence-electron chi connectivity index (χ2n) is 4.54. The quantitative estimate of drug-likeness (QED) is 0.595. The Kier molecular flexibility index (Phi) is 6.59. The van der Waals surface area contributed by atoms with Crippen LogP contribution in [-0.4, -0.2) is 37.7 Å². The van der Waals surface area contributed by atoms with Crippen molar-refractivity contribution in [3.63, 3.8) is 0 Å². The first-order valence-corrected chi connectivity index (χ1v) is 6.62. The zero-order chi connectivity index (χ0) is 14.3. The highest BCUT2D eigenvalue weighted by molar-refractivity contribution is 6.29. The van der Waals surface area contributed by atoms with E-state index in [2.05, 4.69) is 29.5 Å². The van der Waals surface area contributed by atoms with Crippen LogP contribution >= 0.6 is 11.6 Å². The summed E-state index contributed by atoms with van der Waals surface area (Å²) in [5.41, 5.74) is 0.480. The number of aromatic nitrogens is 1. The van der Waals surface area contributed by atoms with Crippen molar-refractivity contribution in [1.29, 1.82) is 0 Å². The third-order valence-electron chi connectivity index (χ3n) is 2.30. The number of carbonyl (C=O) groups is 1. The van der Waals surface area contributed by atoms with Gasteiger partial charge in [-0.05, 0) is 18.1 Å². The average molecular weight is 286 g/mol. The van der Waals surface area contributed by atoms with Crippen LogP contribution in [0.15, 0.2) is 12.1 Å². The molecule has 1 aromatic rings. The molecule has 6 heteroatoms. The van der Waals surface area contributed by atoms with Gasteiger partial charge in [-0.25, -0.2) is 4.98 Å². The van der Waals surface area contributed by atoms with Crippen molar-refractivity contribution in [1.82, 2.24) is 10.3 Å². The van der Waals surface area contributed by atoms with E-state index in [1.165, 1.54) is 6.07 Å². The lowest BCUT2D eigenvalue weighted by Gasteiger charge is -2.09. The van der Waals surface area contributed by atoms with Crippen LogP contribution in [0.25, 0.3) is 0 Å². The Bertz CT molecular complexity index is 424. The molecule has 106 valence electrons. The van der Waals surface area contributed by atoms with E-state index in [9.17, 15) is 4.79 Å². The largest absolute Gasteiger partial charge is 0.379 e. The van der Waals surface area contributed by atoms with Crippen LogP contribution in [0, 0.1) is 5.92 Å². The first-order valence-electron chi connectivity index (χ1n) is 6.24. The molecule has 0 radical (unpaired) electrons. The fraction of sp³-hybridized carbons (Fsp3) is 0.538. The molecule has 0 bridgehead atoms. The van der Waals surface area contributed by atoms with E-state index >= 15 is 0 Å². The predicted molar refractivity (Wildman–Crippen MR) is 76.8 cm³/mol. The second-order valence-corrected chi connectivity index (χ2v) is 4.93. The number of rotatable bonds is 7. The lowest BCUT2D eigenvalue weighted by atomic mass is 10.2. The van der Waals surface area contributed by atoms with Crippen molar-refractivity contribution in [2.24, 2.45) is 5.92 Å². The molecule has 19 heavy (non-hydrogen) atoms. The summed E-state index contributed by atoms with van der Waals surface area (Å²) in [5, 5.41) is 5.91. The molecule has 0 unspecified atom stereocenters. The van der Waals surface area contributed by atoms with Crippen LogP contribution in [0.3, 0.4) is 0 Å². The van der Waals surface area contributed by atoms with Crippen LogP contribution in [0.5, 0.6) is 0 Å². The summed E-state index contributed by atoms with van der Waals surface area (Å²) >= 11 is 5.84. The number of anilines is 1. The normalized spacial score (nSPS) is 10.6. The lowest BCUT2D eigenvalue weighted by Crippen LogP contribution is -2.27. The molecule has 0 aromatic carbocycles. The Balaban J connectivity index is 2.43. The number of amides is 1. The standard InChI is InChI=1S/C13H20ClN3O2/c1-9(2)8-19-5-4-16-13(18)10-6-11(14)17-12(7-10)15-3/h6-7,9H,4-5,8H2,1-3H3,(H,15,17)(H,16,18). The summed E-state index contributed by atoms with van der Waals surface area (Å²) in [6.45, 7) is 5.83. The van der Waals surface area contributed by atoms with Crippen LogP contribution < -0.4 is 10.6 Å². The summed E-state index contributed by atoms with van der Waals surface area (Å²) in [6.07, 6.45) is 0. The number of ether oxygens (including phenoxy) is 1. The molecule has 0 fully saturated rings. The number of carbonyl (C=O) groups excluding carboxylic acids is 1. The van der Waals surface area contributed by atoms with Crippen LogP contribution in [0.2, 0.25) is 5.15 Å². The van der Waals surface area contributed by atoms with E-state index in [1.807, 2.05) is 0 Å². The van der Waals surface area contributed by atoms with E-state index < -0.39 is 0 Å². The minimum atomic E-state index is -0.186. The van der Waals surface area contributed by atoms with Gasteiger partial charge in [0.25, 0.3) is 5.91 Å². The van der Waals surface area contributed by atoms with E-state index in [0.717, 1.165) is 0 Å². The summed E-state index contributed by atoms with van der Waals surface area (Å²) in [6, 6.07) is 3.18. The predicted octanol–water partition coefficient (Wildman–Crippen LogP) is 2.18. The molecule has 0 aliphatic rings. The molecule has 0 aliphatic carbocycles. The Labute approximate surface area is 118 Å². The van der Waals surface area contributed by atoms with E-state index in [-0.39, 0.29) is 11.1 Å². The molecule has 1 aromatic heterocycles. The Hall–Kier alpha value is -1.33. The number of hydrogen-bond donors (Lipinski definition) is 2. The van der Waals surface area contributed by atoms with Gasteiger partial charge in [0.05, 0.1) is 6.61 Å². The molecule has 0 saturated carbocycles. The van der Waals surface area contributed by atoms with Gasteiger partial charge in [0.2, 0.25) is 0 Å². The molecule has 0 saturated heterocycles. The molecule has 2 N–H and O–H groups in total. The third kappa shape index (κ3) is 5.89. The molecule has 0 aliphatic heterocycles. The van der Waals surface area contributed by atoms with Crippen LogP contribution in [-0.2, 0) is 4.74 Å². The number of nitrogens with zero attached hydrogens (tertiary/aromatic N) is 1. The Morgan fingerprint density at radius 3 is 2.84 bits per heavy atom. The SMILES string of the molecule is CNc1cc(C(=O)NCCOCC(C)C)cc(Cl)n1. The Morgan fingerprint density at radius 1 is 1.47 bits per heavy atom. The monoisotopic (exact) mass is 285 g/mol. The molecule has 1 amide bonds. The topological polar surface area (TPSA) is 63.2 Å². The van der Waals surface area contributed by atoms with Gasteiger partial charge >= 0.3 is 0 Å². The summed E-state index contributed by atoms with van der Waals surface area (Å²) in [4.78, 5) is 15.9. The fourth-order valence-electron chi connectivity index (χ4n) is 1.41. The van der Waals surface area contributed by atoms with Crippen molar-refractivity contribution in [3.05, 3.63) is 22.8 Å². The average Bonchev–Trinajstić information content (AvgIpc) is 2.36. The lowest BCUT2D eigenvalue weighted by molar-refractivity contribution is 0.0886. The second kappa shape index (κ2) is 7.96. The van der Waals surface area contributed by atoms with Gasteiger partial charge in [-0.1, -0.05) is 25.4 Å². The van der Waals surface area contributed by atoms with Gasteiger partial charge in [-0.15, -0.1) is 0 Å². The molecular formula is C13H20ClN3O2. The first-order chi connectivity index (χ1) is 9.02. The zero-order valence-electron chi connectivity index (χ0n) is 11.5. The van der Waals surface area contributed by atoms with Gasteiger partial charge in [-0.3, -0.25) is 4.79 Å². The van der Waals surface area contributed by atoms with Crippen LogP contribution in [0.4, 0.5) is 5.82 Å². The Morgan fingerprint density at radius 2 is 2.21 bits per heavy atom. The molecule has 5 nitrogen and oxygen atoms in total. The summed E-state index contributed by atoms with van der Waals surface area (Å²) in [5.74, 6) is 0.871. The van der Waals surface area contributed by atoms with E-state index in [0.29, 0.717) is 37.1 Å². The van der Waals surface area contributed by atoms with Crippen molar-refractivity contribution in [3.8, 4) is 0 Å². The molecule has 1 heterocycles. The van der Waals surface area contributed by atoms with Crippen molar-refractivity contribution in [2.75, 3.05) is 32.1 Å². The summed E-state index contributed by atoms with van der Waals surface area (Å²) < 4.78 is 5.38.